The van der Waals surface area contributed by atoms with Crippen molar-refractivity contribution >= 4 is 52.3 Å². The van der Waals surface area contributed by atoms with Crippen LogP contribution in [-0.2, 0) is 9.59 Å². The molecule has 0 radical (unpaired) electrons. The van der Waals surface area contributed by atoms with Crippen molar-refractivity contribution in [1.29, 1.82) is 0 Å². The summed E-state index contributed by atoms with van der Waals surface area (Å²) in [7, 11) is 0. The summed E-state index contributed by atoms with van der Waals surface area (Å²) in [6.07, 6.45) is 3.48. The van der Waals surface area contributed by atoms with Crippen molar-refractivity contribution in [1.82, 2.24) is 5.01 Å². The van der Waals surface area contributed by atoms with E-state index in [4.69, 9.17) is 34.8 Å². The van der Waals surface area contributed by atoms with Gasteiger partial charge in [0.25, 0.3) is 11.8 Å². The lowest BCUT2D eigenvalue weighted by Gasteiger charge is -2.19. The lowest BCUT2D eigenvalue weighted by atomic mass is 9.81. The number of carbonyl (C=O) groups is 2. The third-order valence-electron chi connectivity index (χ3n) is 4.07. The minimum absolute atomic E-state index is 0.202. The summed E-state index contributed by atoms with van der Waals surface area (Å²) in [5.74, 6) is -0.842. The van der Waals surface area contributed by atoms with Gasteiger partial charge in [0, 0.05) is 5.02 Å². The molecule has 1 aromatic rings. The van der Waals surface area contributed by atoms with Crippen molar-refractivity contribution in [2.24, 2.45) is 11.8 Å². The Kier molecular flexibility index (Phi) is 4.04. The van der Waals surface area contributed by atoms with Crippen molar-refractivity contribution in [2.45, 2.75) is 25.7 Å². The first-order chi connectivity index (χ1) is 9.99. The van der Waals surface area contributed by atoms with E-state index in [0.29, 0.717) is 10.7 Å². The Morgan fingerprint density at radius 1 is 0.952 bits per heavy atom. The maximum absolute atomic E-state index is 12.4. The number of halogens is 3. The molecule has 0 spiro atoms. The molecule has 1 aromatic carbocycles. The Morgan fingerprint density at radius 2 is 1.43 bits per heavy atom. The summed E-state index contributed by atoms with van der Waals surface area (Å²) < 4.78 is 0. The van der Waals surface area contributed by atoms with Crippen molar-refractivity contribution in [3.63, 3.8) is 0 Å². The molecule has 0 aromatic heterocycles. The van der Waals surface area contributed by atoms with Gasteiger partial charge in [-0.2, -0.15) is 5.01 Å². The van der Waals surface area contributed by atoms with Crippen molar-refractivity contribution in [3.05, 3.63) is 27.2 Å². The third kappa shape index (κ3) is 2.60. The fourth-order valence-electron chi connectivity index (χ4n) is 3.03. The molecular formula is C14H13Cl3N2O2. The summed E-state index contributed by atoms with van der Waals surface area (Å²) in [6.45, 7) is 0. The topological polar surface area (TPSA) is 49.4 Å². The molecule has 1 saturated carbocycles. The van der Waals surface area contributed by atoms with Gasteiger partial charge in [0.1, 0.15) is 0 Å². The van der Waals surface area contributed by atoms with Crippen LogP contribution in [0.2, 0.25) is 15.1 Å². The van der Waals surface area contributed by atoms with Gasteiger partial charge in [0.2, 0.25) is 0 Å². The first kappa shape index (κ1) is 14.9. The molecule has 2 atom stereocenters. The number of imide groups is 1. The second-order valence-electron chi connectivity index (χ2n) is 5.37. The number of nitrogens with one attached hydrogen (secondary N) is 1. The SMILES string of the molecule is O=C1[C@H]2CCCC[C@@H]2C(=O)N1Nc1c(Cl)cc(Cl)cc1Cl. The zero-order chi connectivity index (χ0) is 15.1. The summed E-state index contributed by atoms with van der Waals surface area (Å²) in [4.78, 5) is 24.7. The first-order valence-corrected chi connectivity index (χ1v) is 7.91. The number of amides is 2. The molecule has 2 aliphatic rings. The Bertz CT molecular complexity index is 573. The van der Waals surface area contributed by atoms with Crippen molar-refractivity contribution < 1.29 is 9.59 Å². The third-order valence-corrected chi connectivity index (χ3v) is 4.89. The van der Waals surface area contributed by atoms with E-state index in [9.17, 15) is 9.59 Å². The summed E-state index contributed by atoms with van der Waals surface area (Å²) in [5, 5.41) is 1.98. The second-order valence-corrected chi connectivity index (χ2v) is 6.62. The largest absolute Gasteiger partial charge is 0.286 e. The van der Waals surface area contributed by atoms with E-state index in [2.05, 4.69) is 5.43 Å². The quantitative estimate of drug-likeness (QED) is 0.818. The molecule has 1 saturated heterocycles. The molecule has 1 aliphatic carbocycles. The maximum Gasteiger partial charge on any atom is 0.252 e. The van der Waals surface area contributed by atoms with E-state index < -0.39 is 0 Å². The molecule has 0 bridgehead atoms. The predicted molar refractivity (Wildman–Crippen MR) is 82.4 cm³/mol. The molecule has 4 nitrogen and oxygen atoms in total. The van der Waals surface area contributed by atoms with E-state index in [-0.39, 0.29) is 33.7 Å². The number of rotatable bonds is 2. The molecule has 3 rings (SSSR count). The molecule has 1 aliphatic heterocycles. The number of carbonyl (C=O) groups excluding carboxylic acids is 2. The molecule has 2 fully saturated rings. The lowest BCUT2D eigenvalue weighted by molar-refractivity contribution is -0.138. The molecule has 7 heteroatoms. The highest BCUT2D eigenvalue weighted by Crippen LogP contribution is 2.40. The van der Waals surface area contributed by atoms with Gasteiger partial charge in [-0.25, -0.2) is 0 Å². The van der Waals surface area contributed by atoms with E-state index in [0.717, 1.165) is 30.7 Å². The second kappa shape index (κ2) is 5.67. The van der Waals surface area contributed by atoms with Crippen LogP contribution < -0.4 is 5.43 Å². The zero-order valence-corrected chi connectivity index (χ0v) is 13.3. The molecular weight excluding hydrogens is 335 g/mol. The molecule has 112 valence electrons. The van der Waals surface area contributed by atoms with Crippen LogP contribution in [0.3, 0.4) is 0 Å². The number of hydrazine groups is 1. The highest BCUT2D eigenvalue weighted by Gasteiger charge is 2.48. The Labute approximate surface area is 137 Å². The molecule has 2 amide bonds. The van der Waals surface area contributed by atoms with Gasteiger partial charge in [0.15, 0.2) is 0 Å². The minimum atomic E-state index is -0.219. The van der Waals surface area contributed by atoms with Gasteiger partial charge in [-0.1, -0.05) is 47.6 Å². The number of fused-ring (bicyclic) bond motifs is 1. The monoisotopic (exact) mass is 346 g/mol. The van der Waals surface area contributed by atoms with Crippen LogP contribution in [0, 0.1) is 11.8 Å². The van der Waals surface area contributed by atoms with Crippen LogP contribution >= 0.6 is 34.8 Å². The van der Waals surface area contributed by atoms with Crippen LogP contribution in [0.4, 0.5) is 5.69 Å². The van der Waals surface area contributed by atoms with E-state index in [1.165, 1.54) is 12.1 Å². The van der Waals surface area contributed by atoms with Crippen molar-refractivity contribution in [2.75, 3.05) is 5.43 Å². The Morgan fingerprint density at radius 3 is 1.90 bits per heavy atom. The summed E-state index contributed by atoms with van der Waals surface area (Å²) in [5.41, 5.74) is 3.09. The molecule has 0 unspecified atom stereocenters. The minimum Gasteiger partial charge on any atom is -0.286 e. The van der Waals surface area contributed by atoms with E-state index in [1.807, 2.05) is 0 Å². The average Bonchev–Trinajstić information content (AvgIpc) is 2.67. The van der Waals surface area contributed by atoms with Gasteiger partial charge in [0.05, 0.1) is 27.6 Å². The molecule has 1 heterocycles. The van der Waals surface area contributed by atoms with Gasteiger partial charge >= 0.3 is 0 Å². The number of hydrogen-bond donors (Lipinski definition) is 1. The molecule has 21 heavy (non-hydrogen) atoms. The van der Waals surface area contributed by atoms with Crippen LogP contribution in [0.1, 0.15) is 25.7 Å². The van der Waals surface area contributed by atoms with Gasteiger partial charge in [-0.15, -0.1) is 0 Å². The van der Waals surface area contributed by atoms with E-state index >= 15 is 0 Å². The fraction of sp³-hybridized carbons (Fsp3) is 0.429. The Hall–Kier alpha value is -0.970. The van der Waals surface area contributed by atoms with Crippen molar-refractivity contribution in [3.8, 4) is 0 Å². The Balaban J connectivity index is 1.88. The average molecular weight is 348 g/mol. The van der Waals surface area contributed by atoms with Crippen LogP contribution in [0.15, 0.2) is 12.1 Å². The number of benzene rings is 1. The highest BCUT2D eigenvalue weighted by atomic mass is 35.5. The maximum atomic E-state index is 12.4. The van der Waals surface area contributed by atoms with E-state index in [1.54, 1.807) is 0 Å². The predicted octanol–water partition coefficient (Wildman–Crippen LogP) is 4.15. The first-order valence-electron chi connectivity index (χ1n) is 6.78. The number of nitrogens with zero attached hydrogens (tertiary/aromatic N) is 1. The van der Waals surface area contributed by atoms with Crippen LogP contribution in [-0.4, -0.2) is 16.8 Å². The smallest absolute Gasteiger partial charge is 0.252 e. The van der Waals surface area contributed by atoms with Crippen LogP contribution in [0.25, 0.3) is 0 Å². The number of hydrogen-bond acceptors (Lipinski definition) is 3. The van der Waals surface area contributed by atoms with Gasteiger partial charge in [-0.3, -0.25) is 15.0 Å². The zero-order valence-electron chi connectivity index (χ0n) is 11.0. The highest BCUT2D eigenvalue weighted by molar-refractivity contribution is 6.41. The number of anilines is 1. The molecule has 1 N–H and O–H groups in total. The standard InChI is InChI=1S/C14H13Cl3N2O2/c15-7-5-10(16)12(11(17)6-7)18-19-13(20)8-3-1-2-4-9(8)14(19)21/h5-6,8-9,18H,1-4H2/t8-,9-/m0/s1. The normalized spacial score (nSPS) is 25.2. The van der Waals surface area contributed by atoms with Crippen LogP contribution in [0.5, 0.6) is 0 Å². The summed E-state index contributed by atoms with van der Waals surface area (Å²) >= 11 is 18.0. The van der Waals surface area contributed by atoms with Gasteiger partial charge < -0.3 is 0 Å². The fourth-order valence-corrected chi connectivity index (χ4v) is 3.93. The van der Waals surface area contributed by atoms with Gasteiger partial charge in [-0.05, 0) is 25.0 Å². The summed E-state index contributed by atoms with van der Waals surface area (Å²) in [6, 6.07) is 3.02. The lowest BCUT2D eigenvalue weighted by Crippen LogP contribution is -2.36.